The third kappa shape index (κ3) is 3.68. The van der Waals surface area contributed by atoms with Crippen LogP contribution in [-0.4, -0.2) is 36.9 Å². The summed E-state index contributed by atoms with van der Waals surface area (Å²) in [6.45, 7) is 5.54. The van der Waals surface area contributed by atoms with Gasteiger partial charge >= 0.3 is 0 Å². The van der Waals surface area contributed by atoms with E-state index in [-0.39, 0.29) is 17.8 Å². The van der Waals surface area contributed by atoms with Gasteiger partial charge in [-0.2, -0.15) is 0 Å². The van der Waals surface area contributed by atoms with E-state index in [0.29, 0.717) is 18.0 Å². The zero-order chi connectivity index (χ0) is 17.1. The van der Waals surface area contributed by atoms with Gasteiger partial charge < -0.3 is 15.1 Å². The van der Waals surface area contributed by atoms with E-state index in [1.54, 1.807) is 12.1 Å². The third-order valence-corrected chi connectivity index (χ3v) is 4.69. The lowest BCUT2D eigenvalue weighted by atomic mass is 10.0. The van der Waals surface area contributed by atoms with Gasteiger partial charge in [0.25, 0.3) is 5.91 Å². The molecule has 0 saturated carbocycles. The van der Waals surface area contributed by atoms with E-state index in [1.807, 2.05) is 24.8 Å². The molecular formula is C18H24FN3O2. The van der Waals surface area contributed by atoms with Crippen LogP contribution in [0.25, 0.3) is 0 Å². The Morgan fingerprint density at radius 1 is 1.33 bits per heavy atom. The Kier molecular flexibility index (Phi) is 5.02. The van der Waals surface area contributed by atoms with E-state index in [9.17, 15) is 9.18 Å². The Labute approximate surface area is 141 Å². The monoisotopic (exact) mass is 333 g/mol. The molecule has 24 heavy (non-hydrogen) atoms. The number of halogens is 1. The Bertz CT molecular complexity index is 624. The highest BCUT2D eigenvalue weighted by atomic mass is 19.1. The van der Waals surface area contributed by atoms with E-state index >= 15 is 0 Å². The summed E-state index contributed by atoms with van der Waals surface area (Å²) in [4.78, 5) is 19.6. The van der Waals surface area contributed by atoms with Gasteiger partial charge in [0.05, 0.1) is 11.4 Å². The fraction of sp³-hybridized carbons (Fsp3) is 0.556. The average Bonchev–Trinajstić information content (AvgIpc) is 3.07. The van der Waals surface area contributed by atoms with Crippen LogP contribution in [0.3, 0.4) is 0 Å². The molecule has 1 fully saturated rings. The molecule has 2 aliphatic rings. The second kappa shape index (κ2) is 7.20. The summed E-state index contributed by atoms with van der Waals surface area (Å²) in [5.74, 6) is 0.00301. The highest BCUT2D eigenvalue weighted by Gasteiger charge is 2.31. The van der Waals surface area contributed by atoms with Crippen LogP contribution in [0, 0.1) is 11.7 Å². The molecule has 130 valence electrons. The molecule has 2 aliphatic heterocycles. The van der Waals surface area contributed by atoms with Crippen LogP contribution in [-0.2, 0) is 9.63 Å². The molecule has 6 heteroatoms. The minimum atomic E-state index is -0.507. The van der Waals surface area contributed by atoms with Gasteiger partial charge in [0.2, 0.25) is 6.10 Å². The van der Waals surface area contributed by atoms with Gasteiger partial charge in [-0.25, -0.2) is 4.39 Å². The van der Waals surface area contributed by atoms with E-state index in [0.717, 1.165) is 31.6 Å². The van der Waals surface area contributed by atoms with Crippen LogP contribution in [0.4, 0.5) is 10.1 Å². The highest BCUT2D eigenvalue weighted by Crippen LogP contribution is 2.23. The standard InChI is InChI=1S/C18H24FN3O2/c1-12(2)15-11-17(24-21-15)18(23)20-13-7-9-22(10-8-13)16-6-4-3-5-14(16)19/h3-6,12-13,17H,7-11H2,1-2H3,(H,20,23). The van der Waals surface area contributed by atoms with E-state index in [2.05, 4.69) is 10.5 Å². The van der Waals surface area contributed by atoms with Crippen molar-refractivity contribution in [3.63, 3.8) is 0 Å². The zero-order valence-electron chi connectivity index (χ0n) is 14.2. The second-order valence-corrected chi connectivity index (χ2v) is 6.76. The molecule has 2 heterocycles. The first-order valence-corrected chi connectivity index (χ1v) is 8.57. The second-order valence-electron chi connectivity index (χ2n) is 6.76. The molecule has 0 spiro atoms. The van der Waals surface area contributed by atoms with Crippen LogP contribution in [0.5, 0.6) is 0 Å². The van der Waals surface area contributed by atoms with E-state index in [1.165, 1.54) is 6.07 Å². The fourth-order valence-electron chi connectivity index (χ4n) is 3.14. The number of piperidine rings is 1. The van der Waals surface area contributed by atoms with Crippen LogP contribution in [0.1, 0.15) is 33.1 Å². The number of nitrogens with zero attached hydrogens (tertiary/aromatic N) is 2. The fourth-order valence-corrected chi connectivity index (χ4v) is 3.14. The van der Waals surface area contributed by atoms with Crippen molar-refractivity contribution in [2.75, 3.05) is 18.0 Å². The lowest BCUT2D eigenvalue weighted by molar-refractivity contribution is -0.132. The number of oxime groups is 1. The first kappa shape index (κ1) is 16.7. The van der Waals surface area contributed by atoms with Gasteiger partial charge in [0.1, 0.15) is 5.82 Å². The minimum Gasteiger partial charge on any atom is -0.382 e. The smallest absolute Gasteiger partial charge is 0.264 e. The number of amides is 1. The predicted octanol–water partition coefficient (Wildman–Crippen LogP) is 2.71. The summed E-state index contributed by atoms with van der Waals surface area (Å²) in [5, 5.41) is 7.05. The number of hydrogen-bond donors (Lipinski definition) is 1. The maximum atomic E-state index is 13.8. The molecule has 1 aromatic rings. The summed E-state index contributed by atoms with van der Waals surface area (Å²) >= 11 is 0. The van der Waals surface area contributed by atoms with Crippen molar-refractivity contribution in [2.45, 2.75) is 45.3 Å². The summed E-state index contributed by atoms with van der Waals surface area (Å²) in [7, 11) is 0. The SMILES string of the molecule is CC(C)C1=NOC(C(=O)NC2CCN(c3ccccc3F)CC2)C1. The molecule has 1 amide bonds. The lowest BCUT2D eigenvalue weighted by Gasteiger charge is -2.34. The minimum absolute atomic E-state index is 0.0984. The molecule has 0 bridgehead atoms. The topological polar surface area (TPSA) is 53.9 Å². The van der Waals surface area contributed by atoms with Gasteiger partial charge in [-0.05, 0) is 30.9 Å². The third-order valence-electron chi connectivity index (χ3n) is 4.69. The van der Waals surface area contributed by atoms with E-state index in [4.69, 9.17) is 4.84 Å². The van der Waals surface area contributed by atoms with Crippen molar-refractivity contribution in [2.24, 2.45) is 11.1 Å². The maximum absolute atomic E-state index is 13.8. The number of hydrogen-bond acceptors (Lipinski definition) is 4. The maximum Gasteiger partial charge on any atom is 0.264 e. The predicted molar refractivity (Wildman–Crippen MR) is 91.5 cm³/mol. The quantitative estimate of drug-likeness (QED) is 0.922. The molecule has 3 rings (SSSR count). The van der Waals surface area contributed by atoms with Crippen LogP contribution >= 0.6 is 0 Å². The van der Waals surface area contributed by atoms with Crippen molar-refractivity contribution >= 4 is 17.3 Å². The number of anilines is 1. The molecule has 1 aromatic carbocycles. The first-order valence-electron chi connectivity index (χ1n) is 8.57. The molecule has 1 unspecified atom stereocenters. The summed E-state index contributed by atoms with van der Waals surface area (Å²) < 4.78 is 13.8. The van der Waals surface area contributed by atoms with Crippen molar-refractivity contribution < 1.29 is 14.0 Å². The Balaban J connectivity index is 1.48. The summed E-state index contributed by atoms with van der Waals surface area (Å²) in [6.07, 6.45) is 1.65. The summed E-state index contributed by atoms with van der Waals surface area (Å²) in [5.41, 5.74) is 1.57. The van der Waals surface area contributed by atoms with Crippen molar-refractivity contribution in [3.05, 3.63) is 30.1 Å². The van der Waals surface area contributed by atoms with Gasteiger partial charge in [0, 0.05) is 25.6 Å². The van der Waals surface area contributed by atoms with Crippen molar-refractivity contribution in [1.29, 1.82) is 0 Å². The Morgan fingerprint density at radius 2 is 2.04 bits per heavy atom. The number of rotatable bonds is 4. The van der Waals surface area contributed by atoms with Gasteiger partial charge in [-0.3, -0.25) is 4.79 Å². The molecule has 0 radical (unpaired) electrons. The average molecular weight is 333 g/mol. The molecular weight excluding hydrogens is 309 g/mol. The molecule has 0 aromatic heterocycles. The largest absolute Gasteiger partial charge is 0.382 e. The zero-order valence-corrected chi connectivity index (χ0v) is 14.2. The summed E-state index contributed by atoms with van der Waals surface area (Å²) in [6, 6.07) is 6.92. The highest BCUT2D eigenvalue weighted by molar-refractivity contribution is 5.93. The van der Waals surface area contributed by atoms with Crippen molar-refractivity contribution in [3.8, 4) is 0 Å². The van der Waals surface area contributed by atoms with Crippen LogP contribution in [0.15, 0.2) is 29.4 Å². The first-order chi connectivity index (χ1) is 11.5. The lowest BCUT2D eigenvalue weighted by Crippen LogP contribution is -2.47. The molecule has 1 N–H and O–H groups in total. The number of benzene rings is 1. The normalized spacial score (nSPS) is 21.6. The molecule has 5 nitrogen and oxygen atoms in total. The Morgan fingerprint density at radius 3 is 2.67 bits per heavy atom. The number of carbonyl (C=O) groups is 1. The number of carbonyl (C=O) groups excluding carboxylic acids is 1. The van der Waals surface area contributed by atoms with Crippen LogP contribution < -0.4 is 10.2 Å². The van der Waals surface area contributed by atoms with Gasteiger partial charge in [-0.1, -0.05) is 31.1 Å². The molecule has 1 saturated heterocycles. The van der Waals surface area contributed by atoms with Gasteiger partial charge in [0.15, 0.2) is 0 Å². The van der Waals surface area contributed by atoms with Crippen molar-refractivity contribution in [1.82, 2.24) is 5.32 Å². The Hall–Kier alpha value is -2.11. The molecule has 0 aliphatic carbocycles. The van der Waals surface area contributed by atoms with Crippen LogP contribution in [0.2, 0.25) is 0 Å². The molecule has 1 atom stereocenters. The number of para-hydroxylation sites is 1. The number of nitrogens with one attached hydrogen (secondary N) is 1. The van der Waals surface area contributed by atoms with Gasteiger partial charge in [-0.15, -0.1) is 0 Å². The van der Waals surface area contributed by atoms with E-state index < -0.39 is 6.10 Å².